The summed E-state index contributed by atoms with van der Waals surface area (Å²) in [6.07, 6.45) is 0.334. The number of hydroxylamine groups is 2. The zero-order chi connectivity index (χ0) is 12.4. The molecule has 0 saturated carbocycles. The molecule has 2 bridgehead atoms. The SMILES string of the molecule is C=C(C)[C@H](CC)ON1C[C@@H]2O[C@@H](CO)[C@H](C1)O2. The Labute approximate surface area is 102 Å². The van der Waals surface area contributed by atoms with Crippen molar-refractivity contribution in [1.82, 2.24) is 5.06 Å². The van der Waals surface area contributed by atoms with Gasteiger partial charge in [-0.2, -0.15) is 5.06 Å². The Hall–Kier alpha value is -0.460. The Morgan fingerprint density at radius 3 is 2.88 bits per heavy atom. The Balaban J connectivity index is 1.90. The summed E-state index contributed by atoms with van der Waals surface area (Å²) in [7, 11) is 0. The minimum atomic E-state index is -0.284. The van der Waals surface area contributed by atoms with Crippen LogP contribution in [0.3, 0.4) is 0 Å². The number of aliphatic hydroxyl groups excluding tert-OH is 1. The van der Waals surface area contributed by atoms with Crippen molar-refractivity contribution in [3.8, 4) is 0 Å². The van der Waals surface area contributed by atoms with E-state index in [1.54, 1.807) is 0 Å². The number of ether oxygens (including phenoxy) is 2. The number of hydrogen-bond acceptors (Lipinski definition) is 5. The number of rotatable bonds is 5. The predicted octanol–water partition coefficient (Wildman–Crippen LogP) is 0.691. The first-order chi connectivity index (χ1) is 8.13. The second kappa shape index (κ2) is 5.46. The van der Waals surface area contributed by atoms with E-state index in [1.807, 2.05) is 12.0 Å². The van der Waals surface area contributed by atoms with Crippen LogP contribution in [-0.2, 0) is 14.3 Å². The molecule has 0 unspecified atom stereocenters. The molecule has 17 heavy (non-hydrogen) atoms. The summed E-state index contributed by atoms with van der Waals surface area (Å²) in [6, 6.07) is 0. The van der Waals surface area contributed by atoms with Gasteiger partial charge >= 0.3 is 0 Å². The Kier molecular flexibility index (Phi) is 4.17. The largest absolute Gasteiger partial charge is 0.394 e. The summed E-state index contributed by atoms with van der Waals surface area (Å²) < 4.78 is 11.1. The fraction of sp³-hybridized carbons (Fsp3) is 0.833. The molecule has 2 heterocycles. The standard InChI is InChI=1S/C12H21NO4/c1-4-9(8(2)3)17-13-5-10-11(7-14)16-12(6-13)15-10/h9-12,14H,2,4-7H2,1,3H3/t9-,10-,11-,12-/m0/s1. The lowest BCUT2D eigenvalue weighted by Gasteiger charge is -2.32. The van der Waals surface area contributed by atoms with Crippen molar-refractivity contribution in [1.29, 1.82) is 0 Å². The highest BCUT2D eigenvalue weighted by Crippen LogP contribution is 2.26. The van der Waals surface area contributed by atoms with Crippen LogP contribution < -0.4 is 0 Å². The molecule has 0 aromatic rings. The highest BCUT2D eigenvalue weighted by Gasteiger charge is 2.42. The third kappa shape index (κ3) is 2.86. The molecule has 1 N–H and O–H groups in total. The average Bonchev–Trinajstić information content (AvgIpc) is 2.60. The van der Waals surface area contributed by atoms with Gasteiger partial charge in [-0.25, -0.2) is 0 Å². The topological polar surface area (TPSA) is 51.2 Å². The fourth-order valence-electron chi connectivity index (χ4n) is 2.23. The average molecular weight is 243 g/mol. The molecule has 2 aliphatic heterocycles. The number of aliphatic hydroxyl groups is 1. The van der Waals surface area contributed by atoms with Crippen molar-refractivity contribution in [2.24, 2.45) is 0 Å². The van der Waals surface area contributed by atoms with Gasteiger partial charge in [0.05, 0.1) is 25.8 Å². The van der Waals surface area contributed by atoms with E-state index in [0.717, 1.165) is 12.0 Å². The van der Waals surface area contributed by atoms with E-state index in [4.69, 9.17) is 19.4 Å². The third-order valence-electron chi connectivity index (χ3n) is 3.18. The van der Waals surface area contributed by atoms with Gasteiger partial charge in [-0.1, -0.05) is 13.5 Å². The summed E-state index contributed by atoms with van der Waals surface area (Å²) in [5, 5.41) is 11.0. The molecule has 2 aliphatic rings. The molecule has 4 atom stereocenters. The van der Waals surface area contributed by atoms with Gasteiger partial charge in [0, 0.05) is 0 Å². The van der Waals surface area contributed by atoms with Gasteiger partial charge in [0.2, 0.25) is 0 Å². The smallest absolute Gasteiger partial charge is 0.173 e. The number of nitrogens with zero attached hydrogens (tertiary/aromatic N) is 1. The van der Waals surface area contributed by atoms with Crippen LogP contribution in [0.5, 0.6) is 0 Å². The maximum absolute atomic E-state index is 9.14. The molecule has 5 heteroatoms. The third-order valence-corrected chi connectivity index (χ3v) is 3.18. The van der Waals surface area contributed by atoms with Crippen LogP contribution in [0, 0.1) is 0 Å². The lowest BCUT2D eigenvalue weighted by Crippen LogP contribution is -2.46. The minimum Gasteiger partial charge on any atom is -0.394 e. The van der Waals surface area contributed by atoms with Gasteiger partial charge in [-0.3, -0.25) is 4.84 Å². The summed E-state index contributed by atoms with van der Waals surface area (Å²) in [4.78, 5) is 5.87. The van der Waals surface area contributed by atoms with Crippen LogP contribution in [-0.4, -0.2) is 54.5 Å². The van der Waals surface area contributed by atoms with E-state index in [1.165, 1.54) is 0 Å². The van der Waals surface area contributed by atoms with Gasteiger partial charge in [0.25, 0.3) is 0 Å². The quantitative estimate of drug-likeness (QED) is 0.720. The van der Waals surface area contributed by atoms with Crippen LogP contribution in [0.15, 0.2) is 12.2 Å². The van der Waals surface area contributed by atoms with Crippen LogP contribution in [0.1, 0.15) is 20.3 Å². The zero-order valence-corrected chi connectivity index (χ0v) is 10.5. The van der Waals surface area contributed by atoms with Crippen LogP contribution in [0.4, 0.5) is 0 Å². The lowest BCUT2D eigenvalue weighted by atomic mass is 10.1. The van der Waals surface area contributed by atoms with Gasteiger partial charge in [-0.05, 0) is 18.9 Å². The molecule has 0 aliphatic carbocycles. The Bertz CT molecular complexity index is 284. The van der Waals surface area contributed by atoms with E-state index < -0.39 is 0 Å². The summed E-state index contributed by atoms with van der Waals surface area (Å²) in [6.45, 7) is 9.17. The van der Waals surface area contributed by atoms with Gasteiger partial charge in [0.15, 0.2) is 6.29 Å². The molecule has 0 aromatic heterocycles. The van der Waals surface area contributed by atoms with Crippen LogP contribution >= 0.6 is 0 Å². The first-order valence-electron chi connectivity index (χ1n) is 6.13. The van der Waals surface area contributed by atoms with E-state index in [9.17, 15) is 0 Å². The predicted molar refractivity (Wildman–Crippen MR) is 62.2 cm³/mol. The van der Waals surface area contributed by atoms with Crippen molar-refractivity contribution in [2.45, 2.75) is 44.9 Å². The summed E-state index contributed by atoms with van der Waals surface area (Å²) in [5.41, 5.74) is 1.02. The number of fused-ring (bicyclic) bond motifs is 2. The number of hydrogen-bond donors (Lipinski definition) is 1. The molecule has 98 valence electrons. The van der Waals surface area contributed by atoms with Crippen molar-refractivity contribution >= 4 is 0 Å². The number of morpholine rings is 1. The molecule has 2 fully saturated rings. The van der Waals surface area contributed by atoms with Crippen LogP contribution in [0.25, 0.3) is 0 Å². The second-order valence-corrected chi connectivity index (χ2v) is 4.66. The van der Waals surface area contributed by atoms with E-state index in [0.29, 0.717) is 13.1 Å². The Morgan fingerprint density at radius 1 is 1.53 bits per heavy atom. The first-order valence-corrected chi connectivity index (χ1v) is 6.13. The van der Waals surface area contributed by atoms with Gasteiger partial charge < -0.3 is 14.6 Å². The highest BCUT2D eigenvalue weighted by molar-refractivity contribution is 4.97. The fourth-order valence-corrected chi connectivity index (χ4v) is 2.23. The van der Waals surface area contributed by atoms with Crippen molar-refractivity contribution in [2.75, 3.05) is 19.7 Å². The van der Waals surface area contributed by atoms with Crippen LogP contribution in [0.2, 0.25) is 0 Å². The van der Waals surface area contributed by atoms with E-state index in [-0.39, 0.29) is 31.2 Å². The monoisotopic (exact) mass is 243 g/mol. The molecular formula is C12H21NO4. The first kappa shape index (κ1) is 13.0. The lowest BCUT2D eigenvalue weighted by molar-refractivity contribution is -0.251. The normalized spacial score (nSPS) is 34.9. The summed E-state index contributed by atoms with van der Waals surface area (Å²) in [5.74, 6) is 0. The van der Waals surface area contributed by atoms with Gasteiger partial charge in [-0.15, -0.1) is 0 Å². The minimum absolute atomic E-state index is 0.00724. The van der Waals surface area contributed by atoms with E-state index in [2.05, 4.69) is 13.5 Å². The van der Waals surface area contributed by atoms with Crippen molar-refractivity contribution in [3.05, 3.63) is 12.2 Å². The molecule has 0 radical (unpaired) electrons. The highest BCUT2D eigenvalue weighted by atomic mass is 16.8. The van der Waals surface area contributed by atoms with E-state index >= 15 is 0 Å². The van der Waals surface area contributed by atoms with Crippen molar-refractivity contribution < 1.29 is 19.4 Å². The second-order valence-electron chi connectivity index (χ2n) is 4.66. The molecular weight excluding hydrogens is 222 g/mol. The molecule has 0 aromatic carbocycles. The molecule has 5 nitrogen and oxygen atoms in total. The Morgan fingerprint density at radius 2 is 2.29 bits per heavy atom. The maximum atomic E-state index is 9.14. The zero-order valence-electron chi connectivity index (χ0n) is 10.5. The molecule has 2 saturated heterocycles. The van der Waals surface area contributed by atoms with Gasteiger partial charge in [0.1, 0.15) is 12.2 Å². The molecule has 0 amide bonds. The summed E-state index contributed by atoms with van der Waals surface area (Å²) >= 11 is 0. The van der Waals surface area contributed by atoms with Crippen molar-refractivity contribution in [3.63, 3.8) is 0 Å². The molecule has 0 spiro atoms. The molecule has 2 rings (SSSR count). The maximum Gasteiger partial charge on any atom is 0.173 e.